The molecule has 0 aliphatic rings. The first-order valence-electron chi connectivity index (χ1n) is 3.74. The molecule has 2 aromatic rings. The molecule has 2 heterocycles. The Balaban J connectivity index is 2.92. The molecule has 0 saturated heterocycles. The zero-order valence-corrected chi connectivity index (χ0v) is 7.65. The lowest BCUT2D eigenvalue weighted by molar-refractivity contribution is 1.44. The molecule has 0 fully saturated rings. The maximum Gasteiger partial charge on any atom is 0.00625 e. The van der Waals surface area contributed by atoms with Crippen molar-refractivity contribution in [2.75, 3.05) is 0 Å². The number of hydrogen-bond donors (Lipinski definition) is 0. The van der Waals surface area contributed by atoms with E-state index in [4.69, 9.17) is 0 Å². The largest absolute Gasteiger partial charge is 0.0895 e. The lowest BCUT2D eigenvalue weighted by Gasteiger charge is -1.90. The molecular formula is C10H10P. The molecule has 0 aliphatic carbocycles. The van der Waals surface area contributed by atoms with Crippen molar-refractivity contribution in [3.63, 3.8) is 0 Å². The molecule has 0 spiro atoms. The van der Waals surface area contributed by atoms with Crippen molar-refractivity contribution in [3.05, 3.63) is 40.9 Å². The first kappa shape index (κ1) is 6.94. The molecule has 55 valence electrons. The third-order valence-corrected chi connectivity index (χ3v) is 4.39. The van der Waals surface area contributed by atoms with Crippen LogP contribution in [0, 0.1) is 19.9 Å². The molecular weight excluding hydrogens is 151 g/mol. The Morgan fingerprint density at radius 1 is 1.27 bits per heavy atom. The maximum atomic E-state index is 3.39. The molecule has 2 rings (SSSR count). The van der Waals surface area contributed by atoms with Crippen LogP contribution >= 0.6 is 7.34 Å². The number of aryl methyl sites for hydroxylation is 2. The van der Waals surface area contributed by atoms with Crippen LogP contribution in [0.15, 0.2) is 24.0 Å². The van der Waals surface area contributed by atoms with Crippen LogP contribution in [-0.4, -0.2) is 0 Å². The van der Waals surface area contributed by atoms with Gasteiger partial charge in [0.25, 0.3) is 0 Å². The van der Waals surface area contributed by atoms with Crippen molar-refractivity contribution in [2.24, 2.45) is 0 Å². The molecule has 0 N–H and O–H groups in total. The van der Waals surface area contributed by atoms with Crippen LogP contribution in [0.25, 0.3) is 5.12 Å². The SMILES string of the molecule is Cc1[c]c2ccccp2c1C. The fraction of sp³-hybridized carbons (Fsp3) is 0.200. The Kier molecular flexibility index (Phi) is 1.51. The van der Waals surface area contributed by atoms with Crippen molar-refractivity contribution in [2.45, 2.75) is 13.8 Å². The van der Waals surface area contributed by atoms with Crippen molar-refractivity contribution in [3.8, 4) is 0 Å². The van der Waals surface area contributed by atoms with E-state index in [1.807, 2.05) is 0 Å². The van der Waals surface area contributed by atoms with Gasteiger partial charge in [0.05, 0.1) is 0 Å². The highest BCUT2D eigenvalue weighted by atomic mass is 31.1. The van der Waals surface area contributed by atoms with Crippen molar-refractivity contribution in [1.29, 1.82) is 0 Å². The second-order valence-corrected chi connectivity index (χ2v) is 4.98. The van der Waals surface area contributed by atoms with E-state index < -0.39 is 0 Å². The van der Waals surface area contributed by atoms with E-state index in [-0.39, 0.29) is 7.34 Å². The zero-order valence-electron chi connectivity index (χ0n) is 6.76. The lowest BCUT2D eigenvalue weighted by Crippen LogP contribution is -1.63. The summed E-state index contributed by atoms with van der Waals surface area (Å²) in [6, 6.07) is 9.79. The van der Waals surface area contributed by atoms with E-state index in [2.05, 4.69) is 43.9 Å². The first-order chi connectivity index (χ1) is 5.29. The van der Waals surface area contributed by atoms with E-state index in [9.17, 15) is 0 Å². The van der Waals surface area contributed by atoms with Crippen molar-refractivity contribution < 1.29 is 0 Å². The van der Waals surface area contributed by atoms with E-state index in [1.165, 1.54) is 16.0 Å². The maximum absolute atomic E-state index is 3.39. The molecule has 0 saturated carbocycles. The van der Waals surface area contributed by atoms with Gasteiger partial charge in [-0.05, 0) is 36.6 Å². The monoisotopic (exact) mass is 161 g/mol. The highest BCUT2D eigenvalue weighted by Gasteiger charge is 2.00. The predicted octanol–water partition coefficient (Wildman–Crippen LogP) is 3.54. The van der Waals surface area contributed by atoms with E-state index in [0.29, 0.717) is 0 Å². The number of fused-ring (bicyclic) bond motifs is 1. The highest BCUT2D eigenvalue weighted by molar-refractivity contribution is 7.51. The summed E-state index contributed by atoms with van der Waals surface area (Å²) in [6.07, 6.45) is 0. The minimum Gasteiger partial charge on any atom is -0.0895 e. The molecule has 11 heavy (non-hydrogen) atoms. The molecule has 1 atom stereocenters. The number of hydrogen-bond acceptors (Lipinski definition) is 0. The zero-order chi connectivity index (χ0) is 7.84. The van der Waals surface area contributed by atoms with Crippen LogP contribution in [0.4, 0.5) is 0 Å². The van der Waals surface area contributed by atoms with E-state index >= 15 is 0 Å². The average molecular weight is 161 g/mol. The first-order valence-corrected chi connectivity index (χ1v) is 5.15. The van der Waals surface area contributed by atoms with Gasteiger partial charge >= 0.3 is 0 Å². The van der Waals surface area contributed by atoms with Crippen LogP contribution in [0.3, 0.4) is 0 Å². The Morgan fingerprint density at radius 2 is 2.09 bits per heavy atom. The second kappa shape index (κ2) is 2.39. The molecule has 0 nitrogen and oxygen atoms in total. The van der Waals surface area contributed by atoms with Gasteiger partial charge in [0.2, 0.25) is 0 Å². The molecule has 0 aromatic carbocycles. The van der Waals surface area contributed by atoms with Gasteiger partial charge in [-0.3, -0.25) is 0 Å². The average Bonchev–Trinajstić information content (AvgIpc) is 2.30. The van der Waals surface area contributed by atoms with Gasteiger partial charge in [-0.1, -0.05) is 25.5 Å². The minimum atomic E-state index is -0.102. The topological polar surface area (TPSA) is 0 Å². The van der Waals surface area contributed by atoms with Gasteiger partial charge in [-0.2, -0.15) is 0 Å². The second-order valence-electron chi connectivity index (χ2n) is 2.79. The predicted molar refractivity (Wildman–Crippen MR) is 50.4 cm³/mol. The standard InChI is InChI=1S/C10H10P/c1-8-7-10-5-3-4-6-11(10)9(8)2/h3-6H,1-2H3. The van der Waals surface area contributed by atoms with Gasteiger partial charge in [0.15, 0.2) is 0 Å². The molecule has 1 heteroatoms. The van der Waals surface area contributed by atoms with Gasteiger partial charge in [-0.25, -0.2) is 0 Å². The van der Waals surface area contributed by atoms with Crippen LogP contribution in [0.1, 0.15) is 10.9 Å². The fourth-order valence-electron chi connectivity index (χ4n) is 1.30. The summed E-state index contributed by atoms with van der Waals surface area (Å²) in [5.74, 6) is 2.30. The van der Waals surface area contributed by atoms with Crippen LogP contribution in [-0.2, 0) is 0 Å². The quantitative estimate of drug-likeness (QED) is 0.554. The summed E-state index contributed by atoms with van der Waals surface area (Å²) in [5, 5.41) is 2.90. The summed E-state index contributed by atoms with van der Waals surface area (Å²) in [4.78, 5) is 0. The fourth-order valence-corrected chi connectivity index (χ4v) is 3.27. The summed E-state index contributed by atoms with van der Waals surface area (Å²) in [6.45, 7) is 4.36. The van der Waals surface area contributed by atoms with Gasteiger partial charge in [0, 0.05) is 5.12 Å². The Morgan fingerprint density at radius 3 is 2.82 bits per heavy atom. The van der Waals surface area contributed by atoms with Crippen molar-refractivity contribution >= 4 is 12.5 Å². The Hall–Kier alpha value is -0.740. The molecule has 1 radical (unpaired) electrons. The third kappa shape index (κ3) is 0.985. The highest BCUT2D eigenvalue weighted by Crippen LogP contribution is 2.37. The van der Waals surface area contributed by atoms with Crippen molar-refractivity contribution in [1.82, 2.24) is 0 Å². The molecule has 0 bridgehead atoms. The Bertz CT molecular complexity index is 385. The van der Waals surface area contributed by atoms with Crippen LogP contribution in [0.5, 0.6) is 0 Å². The van der Waals surface area contributed by atoms with Gasteiger partial charge < -0.3 is 0 Å². The van der Waals surface area contributed by atoms with Crippen LogP contribution in [0.2, 0.25) is 0 Å². The summed E-state index contributed by atoms with van der Waals surface area (Å²) < 4.78 is 0. The normalized spacial score (nSPS) is 12.4. The number of rotatable bonds is 0. The lowest BCUT2D eigenvalue weighted by atomic mass is 10.3. The minimum absolute atomic E-state index is 0.102. The molecule has 2 aromatic heterocycles. The van der Waals surface area contributed by atoms with Gasteiger partial charge in [-0.15, -0.1) is 0 Å². The molecule has 1 unspecified atom stereocenters. The summed E-state index contributed by atoms with van der Waals surface area (Å²) in [7, 11) is -0.102. The van der Waals surface area contributed by atoms with Gasteiger partial charge in [0.1, 0.15) is 0 Å². The van der Waals surface area contributed by atoms with Crippen LogP contribution < -0.4 is 0 Å². The van der Waals surface area contributed by atoms with E-state index in [0.717, 1.165) is 0 Å². The molecule has 0 aliphatic heterocycles. The third-order valence-electron chi connectivity index (χ3n) is 2.08. The summed E-state index contributed by atoms with van der Waals surface area (Å²) >= 11 is 0. The Labute approximate surface area is 67.9 Å². The van der Waals surface area contributed by atoms with E-state index in [1.54, 1.807) is 0 Å². The summed E-state index contributed by atoms with van der Waals surface area (Å²) in [5.41, 5.74) is 1.34. The smallest absolute Gasteiger partial charge is 0.00625 e. The molecule has 0 amide bonds.